The summed E-state index contributed by atoms with van der Waals surface area (Å²) in [6, 6.07) is 10.4. The second-order valence-electron chi connectivity index (χ2n) is 5.38. The van der Waals surface area contributed by atoms with Crippen LogP contribution in [0, 0.1) is 5.82 Å². The highest BCUT2D eigenvalue weighted by molar-refractivity contribution is 9.10. The van der Waals surface area contributed by atoms with Crippen molar-refractivity contribution in [2.75, 3.05) is 24.7 Å². The Bertz CT molecular complexity index is 853. The first-order valence-electron chi connectivity index (χ1n) is 7.32. The summed E-state index contributed by atoms with van der Waals surface area (Å²) in [7, 11) is 0. The molecule has 4 rings (SSSR count). The summed E-state index contributed by atoms with van der Waals surface area (Å²) in [4.78, 5) is 6.40. The number of anilines is 1. The van der Waals surface area contributed by atoms with E-state index in [2.05, 4.69) is 30.9 Å². The van der Waals surface area contributed by atoms with Crippen molar-refractivity contribution in [2.45, 2.75) is 6.04 Å². The van der Waals surface area contributed by atoms with Crippen LogP contribution in [-0.4, -0.2) is 34.4 Å². The average Bonchev–Trinajstić information content (AvgIpc) is 2.95. The van der Waals surface area contributed by atoms with Crippen molar-refractivity contribution in [1.29, 1.82) is 0 Å². The number of imidazole rings is 1. The van der Waals surface area contributed by atoms with E-state index in [1.54, 1.807) is 22.8 Å². The minimum Gasteiger partial charge on any atom is -0.377 e. The van der Waals surface area contributed by atoms with Gasteiger partial charge < -0.3 is 9.64 Å². The molecule has 5 nitrogen and oxygen atoms in total. The van der Waals surface area contributed by atoms with E-state index in [0.717, 1.165) is 21.6 Å². The van der Waals surface area contributed by atoms with Crippen molar-refractivity contribution in [3.63, 3.8) is 0 Å². The van der Waals surface area contributed by atoms with E-state index < -0.39 is 0 Å². The van der Waals surface area contributed by atoms with Gasteiger partial charge in [0.15, 0.2) is 5.65 Å². The largest absolute Gasteiger partial charge is 0.377 e. The van der Waals surface area contributed by atoms with Gasteiger partial charge in [-0.2, -0.15) is 0 Å². The molecule has 23 heavy (non-hydrogen) atoms. The molecule has 0 aliphatic carbocycles. The Balaban J connectivity index is 1.75. The molecular weight excluding hydrogens is 363 g/mol. The SMILES string of the molecule is Fc1cccc(C2COCCN2c2ccc3ncc(Br)n3n2)c1. The molecule has 0 saturated carbocycles. The Morgan fingerprint density at radius 1 is 1.26 bits per heavy atom. The summed E-state index contributed by atoms with van der Waals surface area (Å²) in [6.45, 7) is 1.83. The zero-order valence-corrected chi connectivity index (χ0v) is 13.8. The number of hydrogen-bond acceptors (Lipinski definition) is 4. The fraction of sp³-hybridized carbons (Fsp3) is 0.250. The highest BCUT2D eigenvalue weighted by atomic mass is 79.9. The molecule has 0 spiro atoms. The maximum atomic E-state index is 13.6. The third kappa shape index (κ3) is 2.70. The number of nitrogens with zero attached hydrogens (tertiary/aromatic N) is 4. The Hall–Kier alpha value is -1.99. The number of fused-ring (bicyclic) bond motifs is 1. The van der Waals surface area contributed by atoms with Crippen molar-refractivity contribution in [2.24, 2.45) is 0 Å². The van der Waals surface area contributed by atoms with Gasteiger partial charge in [0.25, 0.3) is 0 Å². The summed E-state index contributed by atoms with van der Waals surface area (Å²) in [6.07, 6.45) is 1.72. The lowest BCUT2D eigenvalue weighted by molar-refractivity contribution is 0.0935. The minimum absolute atomic E-state index is 0.0632. The molecule has 1 atom stereocenters. The summed E-state index contributed by atoms with van der Waals surface area (Å²) >= 11 is 3.44. The summed E-state index contributed by atoms with van der Waals surface area (Å²) in [5.41, 5.74) is 1.66. The van der Waals surface area contributed by atoms with Crippen molar-refractivity contribution in [3.8, 4) is 0 Å². The second kappa shape index (κ2) is 5.90. The molecule has 3 heterocycles. The van der Waals surface area contributed by atoms with Crippen LogP contribution in [0.2, 0.25) is 0 Å². The topological polar surface area (TPSA) is 42.7 Å². The first-order valence-corrected chi connectivity index (χ1v) is 8.12. The van der Waals surface area contributed by atoms with Crippen LogP contribution in [0.15, 0.2) is 47.2 Å². The molecule has 3 aromatic rings. The lowest BCUT2D eigenvalue weighted by atomic mass is 10.0. The maximum absolute atomic E-state index is 13.6. The highest BCUT2D eigenvalue weighted by Crippen LogP contribution is 2.29. The van der Waals surface area contributed by atoms with E-state index in [-0.39, 0.29) is 11.9 Å². The molecular formula is C16H14BrFN4O. The van der Waals surface area contributed by atoms with Gasteiger partial charge in [-0.25, -0.2) is 13.9 Å². The quantitative estimate of drug-likeness (QED) is 0.688. The third-order valence-corrected chi connectivity index (χ3v) is 4.50. The van der Waals surface area contributed by atoms with Crippen LogP contribution in [0.4, 0.5) is 10.2 Å². The van der Waals surface area contributed by atoms with E-state index in [0.29, 0.717) is 19.8 Å². The predicted octanol–water partition coefficient (Wildman–Crippen LogP) is 3.21. The Morgan fingerprint density at radius 2 is 2.17 bits per heavy atom. The smallest absolute Gasteiger partial charge is 0.154 e. The Kier molecular flexibility index (Phi) is 3.74. The van der Waals surface area contributed by atoms with Crippen LogP contribution in [0.3, 0.4) is 0 Å². The first-order chi connectivity index (χ1) is 11.2. The minimum atomic E-state index is -0.242. The molecule has 2 aromatic heterocycles. The lowest BCUT2D eigenvalue weighted by Gasteiger charge is -2.36. The van der Waals surface area contributed by atoms with Gasteiger partial charge in [-0.3, -0.25) is 0 Å². The third-order valence-electron chi connectivity index (χ3n) is 3.96. The number of benzene rings is 1. The maximum Gasteiger partial charge on any atom is 0.154 e. The summed E-state index contributed by atoms with van der Waals surface area (Å²) in [5, 5.41) is 4.64. The molecule has 0 amide bonds. The van der Waals surface area contributed by atoms with Gasteiger partial charge in [0, 0.05) is 6.54 Å². The number of ether oxygens (including phenoxy) is 1. The standard InChI is InChI=1S/C16H14BrFN4O/c17-14-9-19-15-4-5-16(20-22(14)15)21-6-7-23-10-13(21)11-2-1-3-12(18)8-11/h1-5,8-9,13H,6-7,10H2. The van der Waals surface area contributed by atoms with E-state index in [4.69, 9.17) is 4.74 Å². The Labute approximate surface area is 140 Å². The molecule has 0 radical (unpaired) electrons. The zero-order valence-electron chi connectivity index (χ0n) is 12.2. The van der Waals surface area contributed by atoms with E-state index in [1.807, 2.05) is 18.2 Å². The molecule has 0 N–H and O–H groups in total. The second-order valence-corrected chi connectivity index (χ2v) is 6.19. The van der Waals surface area contributed by atoms with Crippen LogP contribution in [-0.2, 0) is 4.74 Å². The fourth-order valence-electron chi connectivity index (χ4n) is 2.86. The zero-order chi connectivity index (χ0) is 15.8. The Morgan fingerprint density at radius 3 is 3.04 bits per heavy atom. The molecule has 0 bridgehead atoms. The monoisotopic (exact) mass is 376 g/mol. The van der Waals surface area contributed by atoms with Gasteiger partial charge in [0.1, 0.15) is 16.2 Å². The molecule has 1 saturated heterocycles. The predicted molar refractivity (Wildman–Crippen MR) is 88.0 cm³/mol. The molecule has 118 valence electrons. The van der Waals surface area contributed by atoms with Crippen molar-refractivity contribution >= 4 is 27.4 Å². The van der Waals surface area contributed by atoms with Crippen LogP contribution in [0.1, 0.15) is 11.6 Å². The first kappa shape index (κ1) is 14.6. The van der Waals surface area contributed by atoms with Crippen molar-refractivity contribution in [1.82, 2.24) is 14.6 Å². The molecule has 1 aliphatic rings. The molecule has 1 fully saturated rings. The summed E-state index contributed by atoms with van der Waals surface area (Å²) in [5.74, 6) is 0.572. The molecule has 1 unspecified atom stereocenters. The van der Waals surface area contributed by atoms with E-state index >= 15 is 0 Å². The van der Waals surface area contributed by atoms with Gasteiger partial charge in [0.2, 0.25) is 0 Å². The lowest BCUT2D eigenvalue weighted by Crippen LogP contribution is -2.40. The number of hydrogen-bond donors (Lipinski definition) is 0. The molecule has 1 aromatic carbocycles. The van der Waals surface area contributed by atoms with Crippen molar-refractivity contribution in [3.05, 3.63) is 58.6 Å². The van der Waals surface area contributed by atoms with E-state index in [9.17, 15) is 4.39 Å². The van der Waals surface area contributed by atoms with Gasteiger partial charge >= 0.3 is 0 Å². The summed E-state index contributed by atoms with van der Waals surface area (Å²) < 4.78 is 21.7. The number of halogens is 2. The number of aromatic nitrogens is 3. The molecule has 7 heteroatoms. The number of morpholine rings is 1. The van der Waals surface area contributed by atoms with Gasteiger partial charge in [-0.05, 0) is 45.8 Å². The average molecular weight is 377 g/mol. The van der Waals surface area contributed by atoms with Crippen LogP contribution in [0.25, 0.3) is 5.65 Å². The normalized spacial score (nSPS) is 18.5. The number of rotatable bonds is 2. The van der Waals surface area contributed by atoms with E-state index in [1.165, 1.54) is 6.07 Å². The fourth-order valence-corrected chi connectivity index (χ4v) is 3.22. The van der Waals surface area contributed by atoms with Crippen LogP contribution < -0.4 is 4.90 Å². The van der Waals surface area contributed by atoms with Gasteiger partial charge in [0.05, 0.1) is 25.5 Å². The van der Waals surface area contributed by atoms with Crippen LogP contribution >= 0.6 is 15.9 Å². The molecule has 1 aliphatic heterocycles. The van der Waals surface area contributed by atoms with Gasteiger partial charge in [-0.1, -0.05) is 12.1 Å². The highest BCUT2D eigenvalue weighted by Gasteiger charge is 2.26. The van der Waals surface area contributed by atoms with Gasteiger partial charge in [-0.15, -0.1) is 5.10 Å². The van der Waals surface area contributed by atoms with Crippen molar-refractivity contribution < 1.29 is 9.13 Å². The van der Waals surface area contributed by atoms with Crippen LogP contribution in [0.5, 0.6) is 0 Å².